The molecule has 2 heteroatoms. The molecule has 0 saturated carbocycles. The third-order valence-corrected chi connectivity index (χ3v) is 3.92. The highest BCUT2D eigenvalue weighted by Gasteiger charge is 2.15. The number of hydrogen-bond donors (Lipinski definition) is 1. The van der Waals surface area contributed by atoms with Gasteiger partial charge in [0.2, 0.25) is 0 Å². The lowest BCUT2D eigenvalue weighted by atomic mass is 9.97. The van der Waals surface area contributed by atoms with Gasteiger partial charge < -0.3 is 9.73 Å². The molecule has 2 rings (SSSR count). The zero-order valence-corrected chi connectivity index (χ0v) is 12.2. The van der Waals surface area contributed by atoms with E-state index in [2.05, 4.69) is 24.4 Å². The van der Waals surface area contributed by atoms with Gasteiger partial charge in [0, 0.05) is 12.5 Å². The molecule has 0 bridgehead atoms. The highest BCUT2D eigenvalue weighted by Crippen LogP contribution is 2.22. The van der Waals surface area contributed by atoms with Crippen LogP contribution in [0.2, 0.25) is 0 Å². The normalized spacial score (nSPS) is 17.8. The molecule has 0 fully saturated rings. The van der Waals surface area contributed by atoms with Gasteiger partial charge in [-0.3, -0.25) is 0 Å². The lowest BCUT2D eigenvalue weighted by Crippen LogP contribution is -2.32. The molecule has 0 amide bonds. The molecule has 1 atom stereocenters. The van der Waals surface area contributed by atoms with Crippen molar-refractivity contribution in [3.05, 3.63) is 35.8 Å². The second-order valence-electron chi connectivity index (χ2n) is 5.50. The third kappa shape index (κ3) is 4.87. The summed E-state index contributed by atoms with van der Waals surface area (Å²) in [6, 6.07) is 4.61. The van der Waals surface area contributed by atoms with Crippen LogP contribution < -0.4 is 5.32 Å². The van der Waals surface area contributed by atoms with E-state index in [9.17, 15) is 0 Å². The van der Waals surface area contributed by atoms with Gasteiger partial charge in [-0.2, -0.15) is 0 Å². The van der Waals surface area contributed by atoms with Gasteiger partial charge in [-0.05, 0) is 57.2 Å². The molecule has 0 spiro atoms. The maximum atomic E-state index is 5.45. The molecule has 1 aliphatic rings. The predicted octanol–water partition coefficient (Wildman–Crippen LogP) is 4.47. The van der Waals surface area contributed by atoms with Gasteiger partial charge in [0.1, 0.15) is 5.76 Å². The zero-order chi connectivity index (χ0) is 13.3. The lowest BCUT2D eigenvalue weighted by Gasteiger charge is -2.21. The summed E-state index contributed by atoms with van der Waals surface area (Å²) in [6.45, 7) is 3.35. The molecular formula is C17H27NO. The van der Waals surface area contributed by atoms with E-state index in [4.69, 9.17) is 4.42 Å². The molecule has 1 aromatic rings. The van der Waals surface area contributed by atoms with Crippen molar-refractivity contribution >= 4 is 0 Å². The van der Waals surface area contributed by atoms with E-state index in [0.717, 1.165) is 25.1 Å². The van der Waals surface area contributed by atoms with Crippen LogP contribution in [-0.2, 0) is 6.42 Å². The Bertz CT molecular complexity index is 367. The zero-order valence-electron chi connectivity index (χ0n) is 12.2. The van der Waals surface area contributed by atoms with Gasteiger partial charge in [-0.25, -0.2) is 0 Å². The average molecular weight is 261 g/mol. The first-order chi connectivity index (χ1) is 9.40. The smallest absolute Gasteiger partial charge is 0.103 e. The third-order valence-electron chi connectivity index (χ3n) is 3.92. The minimum absolute atomic E-state index is 0.545. The Morgan fingerprint density at radius 3 is 3.05 bits per heavy atom. The summed E-state index contributed by atoms with van der Waals surface area (Å²) in [4.78, 5) is 0. The van der Waals surface area contributed by atoms with Crippen LogP contribution in [0.1, 0.15) is 57.6 Å². The van der Waals surface area contributed by atoms with E-state index in [1.807, 2.05) is 6.07 Å². The molecule has 1 aromatic heterocycles. The quantitative estimate of drug-likeness (QED) is 0.732. The van der Waals surface area contributed by atoms with Crippen LogP contribution in [0.15, 0.2) is 34.5 Å². The molecule has 1 unspecified atom stereocenters. The fraction of sp³-hybridized carbons (Fsp3) is 0.647. The van der Waals surface area contributed by atoms with E-state index in [1.165, 1.54) is 38.5 Å². The second-order valence-corrected chi connectivity index (χ2v) is 5.50. The maximum absolute atomic E-state index is 5.45. The molecule has 106 valence electrons. The van der Waals surface area contributed by atoms with Gasteiger partial charge in [0.05, 0.1) is 6.26 Å². The number of furan rings is 1. The Hall–Kier alpha value is -1.02. The van der Waals surface area contributed by atoms with Crippen LogP contribution in [0.5, 0.6) is 0 Å². The van der Waals surface area contributed by atoms with Crippen LogP contribution in [0.4, 0.5) is 0 Å². The summed E-state index contributed by atoms with van der Waals surface area (Å²) in [6.07, 6.45) is 14.3. The van der Waals surface area contributed by atoms with Crippen molar-refractivity contribution in [3.8, 4) is 0 Å². The molecule has 1 heterocycles. The van der Waals surface area contributed by atoms with E-state index in [0.29, 0.717) is 6.04 Å². The summed E-state index contributed by atoms with van der Waals surface area (Å²) >= 11 is 0. The fourth-order valence-corrected chi connectivity index (χ4v) is 2.83. The maximum Gasteiger partial charge on any atom is 0.103 e. The van der Waals surface area contributed by atoms with Crippen LogP contribution in [0, 0.1) is 0 Å². The molecular weight excluding hydrogens is 234 g/mol. The topological polar surface area (TPSA) is 25.2 Å². The lowest BCUT2D eigenvalue weighted by molar-refractivity contribution is 0.463. The van der Waals surface area contributed by atoms with Gasteiger partial charge in [-0.15, -0.1) is 0 Å². The second kappa shape index (κ2) is 8.21. The van der Waals surface area contributed by atoms with Crippen molar-refractivity contribution < 1.29 is 4.42 Å². The van der Waals surface area contributed by atoms with Gasteiger partial charge >= 0.3 is 0 Å². The number of rotatable bonds is 7. The standard InChI is InChI=1S/C17H27NO/c1-2-13-18-17(12-11-16-10-7-14-19-16)15-8-5-3-4-6-9-15/h7-8,10,14,17-18H,2-6,9,11-13H2,1H3. The number of nitrogens with one attached hydrogen (secondary N) is 1. The van der Waals surface area contributed by atoms with Gasteiger partial charge in [-0.1, -0.05) is 25.0 Å². The fourth-order valence-electron chi connectivity index (χ4n) is 2.83. The average Bonchev–Trinajstić information content (AvgIpc) is 2.80. The van der Waals surface area contributed by atoms with Crippen molar-refractivity contribution in [1.29, 1.82) is 0 Å². The summed E-state index contributed by atoms with van der Waals surface area (Å²) in [5.41, 5.74) is 1.64. The summed E-state index contributed by atoms with van der Waals surface area (Å²) in [5.74, 6) is 1.11. The first-order valence-electron chi connectivity index (χ1n) is 7.85. The van der Waals surface area contributed by atoms with E-state index in [-0.39, 0.29) is 0 Å². The summed E-state index contributed by atoms with van der Waals surface area (Å²) < 4.78 is 5.45. The van der Waals surface area contributed by atoms with Crippen molar-refractivity contribution in [2.45, 2.75) is 64.3 Å². The molecule has 1 aliphatic carbocycles. The molecule has 2 nitrogen and oxygen atoms in total. The van der Waals surface area contributed by atoms with Crippen LogP contribution in [-0.4, -0.2) is 12.6 Å². The molecule has 0 aromatic carbocycles. The highest BCUT2D eigenvalue weighted by molar-refractivity contribution is 5.13. The molecule has 1 N–H and O–H groups in total. The Morgan fingerprint density at radius 2 is 2.26 bits per heavy atom. The monoisotopic (exact) mass is 261 g/mol. The largest absolute Gasteiger partial charge is 0.469 e. The Morgan fingerprint density at radius 1 is 1.32 bits per heavy atom. The summed E-state index contributed by atoms with van der Waals surface area (Å²) in [5, 5.41) is 3.72. The number of aryl methyl sites for hydroxylation is 1. The van der Waals surface area contributed by atoms with Crippen molar-refractivity contribution in [1.82, 2.24) is 5.32 Å². The van der Waals surface area contributed by atoms with Crippen LogP contribution >= 0.6 is 0 Å². The minimum atomic E-state index is 0.545. The Kier molecular flexibility index (Phi) is 6.22. The van der Waals surface area contributed by atoms with Gasteiger partial charge in [0.25, 0.3) is 0 Å². The first kappa shape index (κ1) is 14.4. The van der Waals surface area contributed by atoms with Gasteiger partial charge in [0.15, 0.2) is 0 Å². The van der Waals surface area contributed by atoms with E-state index >= 15 is 0 Å². The summed E-state index contributed by atoms with van der Waals surface area (Å²) in [7, 11) is 0. The molecule has 0 aliphatic heterocycles. The van der Waals surface area contributed by atoms with Crippen molar-refractivity contribution in [2.24, 2.45) is 0 Å². The van der Waals surface area contributed by atoms with E-state index in [1.54, 1.807) is 11.8 Å². The molecule has 19 heavy (non-hydrogen) atoms. The highest BCUT2D eigenvalue weighted by atomic mass is 16.3. The van der Waals surface area contributed by atoms with E-state index < -0.39 is 0 Å². The van der Waals surface area contributed by atoms with Crippen molar-refractivity contribution in [3.63, 3.8) is 0 Å². The molecule has 0 radical (unpaired) electrons. The van der Waals surface area contributed by atoms with Crippen molar-refractivity contribution in [2.75, 3.05) is 6.54 Å². The first-order valence-corrected chi connectivity index (χ1v) is 7.85. The predicted molar refractivity (Wildman–Crippen MR) is 80.3 cm³/mol. The van der Waals surface area contributed by atoms with Crippen LogP contribution in [0.3, 0.4) is 0 Å². The minimum Gasteiger partial charge on any atom is -0.469 e. The Labute approximate surface area is 117 Å². The number of allylic oxidation sites excluding steroid dienone is 1. The number of hydrogen-bond acceptors (Lipinski definition) is 2. The SMILES string of the molecule is CCCNC(CCc1ccco1)C1=CCCCCC1. The molecule has 0 saturated heterocycles. The Balaban J connectivity index is 1.91. The van der Waals surface area contributed by atoms with Crippen LogP contribution in [0.25, 0.3) is 0 Å².